The van der Waals surface area contributed by atoms with Crippen LogP contribution in [0.3, 0.4) is 0 Å². The number of carbonyl (C=O) groups is 2. The zero-order valence-corrected chi connectivity index (χ0v) is 17.6. The number of carbonyl (C=O) groups excluding carboxylic acids is 2. The second kappa shape index (κ2) is 8.35. The van der Waals surface area contributed by atoms with E-state index in [-0.39, 0.29) is 16.9 Å². The average Bonchev–Trinajstić information content (AvgIpc) is 2.64. The molecule has 0 aliphatic carbocycles. The van der Waals surface area contributed by atoms with E-state index in [0.29, 0.717) is 11.1 Å². The fraction of sp³-hybridized carbons (Fsp3) is 0.391. The van der Waals surface area contributed by atoms with Gasteiger partial charge in [0.25, 0.3) is 6.29 Å². The molecule has 0 aromatic heterocycles. The maximum atomic E-state index is 12.7. The summed E-state index contributed by atoms with van der Waals surface area (Å²) >= 11 is 0. The predicted octanol–water partition coefficient (Wildman–Crippen LogP) is 4.28. The number of phenolic OH excluding ortho intramolecular Hbond substituents is 1. The van der Waals surface area contributed by atoms with E-state index in [4.69, 9.17) is 0 Å². The summed E-state index contributed by atoms with van der Waals surface area (Å²) in [6.07, 6.45) is -1.99. The van der Waals surface area contributed by atoms with Crippen LogP contribution in [0.15, 0.2) is 42.5 Å². The van der Waals surface area contributed by atoms with Gasteiger partial charge in [0, 0.05) is 16.7 Å². The molecule has 0 heterocycles. The Balaban J connectivity index is 2.28. The maximum Gasteiger partial charge on any atom is 0.373 e. The van der Waals surface area contributed by atoms with Gasteiger partial charge in [0.15, 0.2) is 0 Å². The van der Waals surface area contributed by atoms with E-state index in [9.17, 15) is 19.8 Å². The summed E-state index contributed by atoms with van der Waals surface area (Å²) < 4.78 is 0. The topological polar surface area (TPSA) is 93.1 Å². The summed E-state index contributed by atoms with van der Waals surface area (Å²) in [7, 11) is 0. The molecule has 156 valence electrons. The van der Waals surface area contributed by atoms with E-state index in [1.54, 1.807) is 18.2 Å². The molecule has 0 aliphatic rings. The number of benzene rings is 2. The minimum Gasteiger partial charge on any atom is -0.507 e. The summed E-state index contributed by atoms with van der Waals surface area (Å²) in [4.78, 5) is 33.9. The molecule has 6 nitrogen and oxygen atoms in total. The molecule has 2 aromatic rings. The number of phenols is 1. The van der Waals surface area contributed by atoms with Crippen LogP contribution in [0, 0.1) is 0 Å². The molecule has 0 amide bonds. The minimum atomic E-state index is -1.99. The van der Waals surface area contributed by atoms with Crippen LogP contribution in [0.4, 0.5) is 0 Å². The third-order valence-corrected chi connectivity index (χ3v) is 4.46. The Bertz CT molecular complexity index is 853. The van der Waals surface area contributed by atoms with Crippen molar-refractivity contribution in [3.05, 3.63) is 64.7 Å². The van der Waals surface area contributed by atoms with Crippen LogP contribution in [0.1, 0.15) is 73.4 Å². The average molecular weight is 400 g/mol. The molecule has 0 bridgehead atoms. The number of hydrogen-bond acceptors (Lipinski definition) is 6. The molecule has 0 aliphatic heterocycles. The van der Waals surface area contributed by atoms with Crippen molar-refractivity contribution in [1.29, 1.82) is 0 Å². The Morgan fingerprint density at radius 1 is 0.862 bits per heavy atom. The third-order valence-electron chi connectivity index (χ3n) is 4.46. The number of Topliss-reactive ketones (excluding diaryl/α,β-unsaturated/α-hetero) is 1. The largest absolute Gasteiger partial charge is 0.507 e. The fourth-order valence-electron chi connectivity index (χ4n) is 2.82. The highest BCUT2D eigenvalue weighted by Gasteiger charge is 2.30. The van der Waals surface area contributed by atoms with Gasteiger partial charge < -0.3 is 10.2 Å². The molecule has 6 heteroatoms. The molecule has 2 aromatic carbocycles. The van der Waals surface area contributed by atoms with E-state index < -0.39 is 28.9 Å². The normalized spacial score (nSPS) is 13.1. The SMILES string of the molecule is CC(C)(C)c1cc(C(=O)C(O)OOC(=O)c2ccccc2)cc(C(C)(C)C)c1O. The quantitative estimate of drug-likeness (QED) is 0.337. The van der Waals surface area contributed by atoms with Gasteiger partial charge in [-0.05, 0) is 35.1 Å². The van der Waals surface area contributed by atoms with Crippen molar-refractivity contribution in [3.63, 3.8) is 0 Å². The van der Waals surface area contributed by atoms with Crippen molar-refractivity contribution in [1.82, 2.24) is 0 Å². The highest BCUT2D eigenvalue weighted by molar-refractivity contribution is 5.99. The molecule has 1 unspecified atom stereocenters. The number of aliphatic hydroxyl groups is 1. The van der Waals surface area contributed by atoms with Gasteiger partial charge in [-0.2, -0.15) is 0 Å². The van der Waals surface area contributed by atoms with Crippen molar-refractivity contribution in [2.24, 2.45) is 0 Å². The second-order valence-corrected chi connectivity index (χ2v) is 8.97. The highest BCUT2D eigenvalue weighted by Crippen LogP contribution is 2.40. The van der Waals surface area contributed by atoms with Crippen molar-refractivity contribution >= 4 is 11.8 Å². The highest BCUT2D eigenvalue weighted by atomic mass is 17.2. The zero-order valence-electron chi connectivity index (χ0n) is 17.6. The van der Waals surface area contributed by atoms with E-state index >= 15 is 0 Å². The Hall–Kier alpha value is -2.70. The summed E-state index contributed by atoms with van der Waals surface area (Å²) in [6.45, 7) is 11.5. The van der Waals surface area contributed by atoms with Crippen molar-refractivity contribution in [3.8, 4) is 5.75 Å². The molecule has 0 saturated heterocycles. The van der Waals surface area contributed by atoms with Gasteiger partial charge in [-0.1, -0.05) is 59.7 Å². The molecule has 0 saturated carbocycles. The monoisotopic (exact) mass is 400 g/mol. The van der Waals surface area contributed by atoms with Crippen molar-refractivity contribution < 1.29 is 29.6 Å². The van der Waals surface area contributed by atoms with Crippen molar-refractivity contribution in [2.45, 2.75) is 58.7 Å². The van der Waals surface area contributed by atoms with Crippen LogP contribution >= 0.6 is 0 Å². The van der Waals surface area contributed by atoms with Crippen LogP contribution in [0.2, 0.25) is 0 Å². The fourth-order valence-corrected chi connectivity index (χ4v) is 2.82. The smallest absolute Gasteiger partial charge is 0.373 e. The maximum absolute atomic E-state index is 12.7. The molecular weight excluding hydrogens is 372 g/mol. The Kier molecular flexibility index (Phi) is 6.50. The first-order valence-corrected chi connectivity index (χ1v) is 9.35. The lowest BCUT2D eigenvalue weighted by atomic mass is 9.78. The van der Waals surface area contributed by atoms with E-state index in [2.05, 4.69) is 9.78 Å². The van der Waals surface area contributed by atoms with E-state index in [1.807, 2.05) is 41.5 Å². The van der Waals surface area contributed by atoms with Crippen LogP contribution in [-0.2, 0) is 20.6 Å². The molecule has 0 fully saturated rings. The van der Waals surface area contributed by atoms with E-state index in [1.165, 1.54) is 24.3 Å². The van der Waals surface area contributed by atoms with Crippen LogP contribution in [0.5, 0.6) is 5.75 Å². The summed E-state index contributed by atoms with van der Waals surface area (Å²) in [5, 5.41) is 20.8. The molecule has 2 rings (SSSR count). The number of aliphatic hydroxyl groups excluding tert-OH is 1. The molecular formula is C23H28O6. The molecule has 29 heavy (non-hydrogen) atoms. The lowest BCUT2D eigenvalue weighted by Gasteiger charge is -2.28. The van der Waals surface area contributed by atoms with Crippen LogP contribution < -0.4 is 0 Å². The van der Waals surface area contributed by atoms with Crippen LogP contribution in [0.25, 0.3) is 0 Å². The minimum absolute atomic E-state index is 0.118. The van der Waals surface area contributed by atoms with Gasteiger partial charge in [-0.15, -0.1) is 4.89 Å². The van der Waals surface area contributed by atoms with E-state index in [0.717, 1.165) is 0 Å². The van der Waals surface area contributed by atoms with Gasteiger partial charge in [-0.3, -0.25) is 9.68 Å². The summed E-state index contributed by atoms with van der Waals surface area (Å²) in [5.41, 5.74) is 0.643. The zero-order chi connectivity index (χ0) is 22.0. The number of ketones is 1. The first kappa shape index (κ1) is 22.6. The van der Waals surface area contributed by atoms with Gasteiger partial charge in [0.1, 0.15) is 5.75 Å². The standard InChI is InChI=1S/C23H28O6/c1-22(2,3)16-12-15(13-17(19(16)25)23(4,5)6)18(24)21(27)29-28-20(26)14-10-8-7-9-11-14/h7-13,21,25,27H,1-6H3. The molecule has 2 N–H and O–H groups in total. The summed E-state index contributed by atoms with van der Waals surface area (Å²) in [5.74, 6) is -1.48. The summed E-state index contributed by atoms with van der Waals surface area (Å²) in [6, 6.07) is 11.1. The lowest BCUT2D eigenvalue weighted by molar-refractivity contribution is -0.308. The Labute approximate surface area is 171 Å². The Morgan fingerprint density at radius 2 is 1.34 bits per heavy atom. The van der Waals surface area contributed by atoms with Gasteiger partial charge in [-0.25, -0.2) is 4.79 Å². The van der Waals surface area contributed by atoms with Gasteiger partial charge >= 0.3 is 5.97 Å². The van der Waals surface area contributed by atoms with Gasteiger partial charge in [0.2, 0.25) is 5.78 Å². The first-order chi connectivity index (χ1) is 13.3. The number of rotatable bonds is 5. The lowest BCUT2D eigenvalue weighted by Crippen LogP contribution is -2.27. The third kappa shape index (κ3) is 5.43. The molecule has 0 radical (unpaired) electrons. The van der Waals surface area contributed by atoms with Crippen molar-refractivity contribution in [2.75, 3.05) is 0 Å². The molecule has 0 spiro atoms. The Morgan fingerprint density at radius 3 is 1.79 bits per heavy atom. The number of hydrogen-bond donors (Lipinski definition) is 2. The predicted molar refractivity (Wildman–Crippen MR) is 109 cm³/mol. The molecule has 1 atom stereocenters. The van der Waals surface area contributed by atoms with Gasteiger partial charge in [0.05, 0.1) is 5.56 Å². The van der Waals surface area contributed by atoms with Crippen LogP contribution in [-0.4, -0.2) is 28.3 Å². The number of aromatic hydroxyl groups is 1. The first-order valence-electron chi connectivity index (χ1n) is 9.35. The second-order valence-electron chi connectivity index (χ2n) is 8.97.